The molecular formula is C14H30. The average Bonchev–Trinajstić information content (AvgIpc) is 2.11. The molecule has 0 heterocycles. The first kappa shape index (κ1) is 14.0. The van der Waals surface area contributed by atoms with Crippen LogP contribution in [0.25, 0.3) is 0 Å². The Hall–Kier alpha value is 0. The first-order valence-electron chi connectivity index (χ1n) is 6.42. The maximum absolute atomic E-state index is 2.48. The minimum Gasteiger partial charge on any atom is -0.0654 e. The fourth-order valence-corrected chi connectivity index (χ4v) is 1.90. The largest absolute Gasteiger partial charge is 0.0654 e. The standard InChI is InChI=1S/C14H30/c1-7-8-10-14(6,13(4)5)11-9-12(2)3/h12-13H,7-11H2,1-6H3/t14-/m0/s1. The van der Waals surface area contributed by atoms with Crippen LogP contribution in [0.15, 0.2) is 0 Å². The Bertz CT molecular complexity index is 135. The maximum atomic E-state index is 2.48. The van der Waals surface area contributed by atoms with E-state index < -0.39 is 0 Å². The zero-order chi connectivity index (χ0) is 11.2. The van der Waals surface area contributed by atoms with Crippen molar-refractivity contribution < 1.29 is 0 Å². The highest BCUT2D eigenvalue weighted by atomic mass is 14.3. The Labute approximate surface area is 91.5 Å². The van der Waals surface area contributed by atoms with Crippen LogP contribution in [0.5, 0.6) is 0 Å². The van der Waals surface area contributed by atoms with Gasteiger partial charge in [-0.2, -0.15) is 0 Å². The van der Waals surface area contributed by atoms with Gasteiger partial charge in [-0.25, -0.2) is 0 Å². The molecule has 0 aromatic rings. The van der Waals surface area contributed by atoms with Gasteiger partial charge in [-0.05, 0) is 30.1 Å². The summed E-state index contributed by atoms with van der Waals surface area (Å²) < 4.78 is 0. The van der Waals surface area contributed by atoms with Gasteiger partial charge in [0.25, 0.3) is 0 Å². The predicted molar refractivity (Wildman–Crippen MR) is 66.5 cm³/mol. The second-order valence-electron chi connectivity index (χ2n) is 5.84. The van der Waals surface area contributed by atoms with Crippen LogP contribution in [-0.2, 0) is 0 Å². The van der Waals surface area contributed by atoms with Crippen molar-refractivity contribution in [2.24, 2.45) is 17.3 Å². The van der Waals surface area contributed by atoms with Crippen molar-refractivity contribution in [2.45, 2.75) is 73.6 Å². The SMILES string of the molecule is CCCC[C@@](C)(CCC(C)C)C(C)C. The molecule has 0 fully saturated rings. The summed E-state index contributed by atoms with van der Waals surface area (Å²) in [7, 11) is 0. The van der Waals surface area contributed by atoms with E-state index in [9.17, 15) is 0 Å². The lowest BCUT2D eigenvalue weighted by atomic mass is 9.71. The molecule has 0 amide bonds. The van der Waals surface area contributed by atoms with Crippen molar-refractivity contribution in [3.8, 4) is 0 Å². The van der Waals surface area contributed by atoms with Gasteiger partial charge in [0, 0.05) is 0 Å². The molecule has 0 aliphatic heterocycles. The Kier molecular flexibility index (Phi) is 6.48. The normalized spacial score (nSPS) is 16.3. The van der Waals surface area contributed by atoms with E-state index in [-0.39, 0.29) is 0 Å². The second kappa shape index (κ2) is 6.48. The number of hydrogen-bond acceptors (Lipinski definition) is 0. The first-order chi connectivity index (χ1) is 6.42. The lowest BCUT2D eigenvalue weighted by Gasteiger charge is -2.34. The molecule has 0 N–H and O–H groups in total. The Morgan fingerprint density at radius 2 is 1.57 bits per heavy atom. The third-order valence-corrected chi connectivity index (χ3v) is 3.79. The van der Waals surface area contributed by atoms with Crippen molar-refractivity contribution in [3.63, 3.8) is 0 Å². The molecular weight excluding hydrogens is 168 g/mol. The van der Waals surface area contributed by atoms with Gasteiger partial charge >= 0.3 is 0 Å². The smallest absolute Gasteiger partial charge is 0.0303 e. The van der Waals surface area contributed by atoms with Gasteiger partial charge in [-0.15, -0.1) is 0 Å². The number of unbranched alkanes of at least 4 members (excludes halogenated alkanes) is 1. The van der Waals surface area contributed by atoms with E-state index in [2.05, 4.69) is 41.5 Å². The monoisotopic (exact) mass is 198 g/mol. The molecule has 0 heteroatoms. The first-order valence-corrected chi connectivity index (χ1v) is 6.42. The van der Waals surface area contributed by atoms with Crippen molar-refractivity contribution >= 4 is 0 Å². The van der Waals surface area contributed by atoms with Crippen molar-refractivity contribution in [1.29, 1.82) is 0 Å². The van der Waals surface area contributed by atoms with E-state index in [1.807, 2.05) is 0 Å². The van der Waals surface area contributed by atoms with E-state index in [4.69, 9.17) is 0 Å². The van der Waals surface area contributed by atoms with Crippen molar-refractivity contribution in [1.82, 2.24) is 0 Å². The second-order valence-corrected chi connectivity index (χ2v) is 5.84. The van der Waals surface area contributed by atoms with Gasteiger partial charge in [0.2, 0.25) is 0 Å². The Balaban J connectivity index is 4.10. The summed E-state index contributed by atoms with van der Waals surface area (Å²) in [6, 6.07) is 0. The van der Waals surface area contributed by atoms with Crippen LogP contribution in [0, 0.1) is 17.3 Å². The molecule has 0 aromatic carbocycles. The van der Waals surface area contributed by atoms with Crippen LogP contribution in [0.1, 0.15) is 73.6 Å². The molecule has 0 nitrogen and oxygen atoms in total. The van der Waals surface area contributed by atoms with Crippen LogP contribution in [-0.4, -0.2) is 0 Å². The maximum Gasteiger partial charge on any atom is -0.0303 e. The molecule has 0 radical (unpaired) electrons. The number of hydrogen-bond donors (Lipinski definition) is 0. The molecule has 0 saturated heterocycles. The molecule has 0 aromatic heterocycles. The van der Waals surface area contributed by atoms with Gasteiger partial charge in [0.05, 0.1) is 0 Å². The zero-order valence-corrected chi connectivity index (χ0v) is 11.2. The van der Waals surface area contributed by atoms with E-state index >= 15 is 0 Å². The van der Waals surface area contributed by atoms with Crippen LogP contribution in [0.3, 0.4) is 0 Å². The van der Waals surface area contributed by atoms with Crippen molar-refractivity contribution in [2.75, 3.05) is 0 Å². The Morgan fingerprint density at radius 3 is 1.93 bits per heavy atom. The summed E-state index contributed by atoms with van der Waals surface area (Å²) in [5.74, 6) is 1.68. The van der Waals surface area contributed by atoms with E-state index in [1.54, 1.807) is 0 Å². The molecule has 0 rings (SSSR count). The predicted octanol–water partition coefficient (Wildman–Crippen LogP) is 5.28. The van der Waals surface area contributed by atoms with E-state index in [1.165, 1.54) is 32.1 Å². The third-order valence-electron chi connectivity index (χ3n) is 3.79. The lowest BCUT2D eigenvalue weighted by molar-refractivity contribution is 0.164. The quantitative estimate of drug-likeness (QED) is 0.522. The average molecular weight is 198 g/mol. The molecule has 0 unspecified atom stereocenters. The minimum absolute atomic E-state index is 0.584. The highest BCUT2D eigenvalue weighted by Gasteiger charge is 2.27. The summed E-state index contributed by atoms with van der Waals surface area (Å²) in [5, 5.41) is 0. The molecule has 0 aliphatic carbocycles. The summed E-state index contributed by atoms with van der Waals surface area (Å²) in [6.45, 7) is 14.2. The van der Waals surface area contributed by atoms with Gasteiger partial charge in [0.15, 0.2) is 0 Å². The summed E-state index contributed by atoms with van der Waals surface area (Å²) in [5.41, 5.74) is 0.584. The molecule has 86 valence electrons. The minimum atomic E-state index is 0.584. The van der Waals surface area contributed by atoms with Gasteiger partial charge < -0.3 is 0 Å². The van der Waals surface area contributed by atoms with Crippen molar-refractivity contribution in [3.05, 3.63) is 0 Å². The third kappa shape index (κ3) is 5.02. The highest BCUT2D eigenvalue weighted by Crippen LogP contribution is 2.38. The zero-order valence-electron chi connectivity index (χ0n) is 11.2. The summed E-state index contributed by atoms with van der Waals surface area (Å²) in [4.78, 5) is 0. The van der Waals surface area contributed by atoms with Crippen LogP contribution < -0.4 is 0 Å². The summed E-state index contributed by atoms with van der Waals surface area (Å²) >= 11 is 0. The van der Waals surface area contributed by atoms with Crippen LogP contribution >= 0.6 is 0 Å². The molecule has 1 atom stereocenters. The molecule has 0 aliphatic rings. The highest BCUT2D eigenvalue weighted by molar-refractivity contribution is 4.78. The van der Waals surface area contributed by atoms with Crippen LogP contribution in [0.2, 0.25) is 0 Å². The molecule has 14 heavy (non-hydrogen) atoms. The van der Waals surface area contributed by atoms with Crippen LogP contribution in [0.4, 0.5) is 0 Å². The van der Waals surface area contributed by atoms with Gasteiger partial charge in [-0.1, -0.05) is 60.8 Å². The van der Waals surface area contributed by atoms with Gasteiger partial charge in [0.1, 0.15) is 0 Å². The van der Waals surface area contributed by atoms with Gasteiger partial charge in [-0.3, -0.25) is 0 Å². The fourth-order valence-electron chi connectivity index (χ4n) is 1.90. The molecule has 0 spiro atoms. The fraction of sp³-hybridized carbons (Fsp3) is 1.00. The number of rotatable bonds is 7. The van der Waals surface area contributed by atoms with E-state index in [0.29, 0.717) is 5.41 Å². The molecule has 0 saturated carbocycles. The topological polar surface area (TPSA) is 0 Å². The Morgan fingerprint density at radius 1 is 1.00 bits per heavy atom. The lowest BCUT2D eigenvalue weighted by Crippen LogP contribution is -2.24. The molecule has 0 bridgehead atoms. The summed E-state index contributed by atoms with van der Waals surface area (Å²) in [6.07, 6.45) is 6.94. The van der Waals surface area contributed by atoms with E-state index in [0.717, 1.165) is 11.8 Å².